The van der Waals surface area contributed by atoms with Crippen LogP contribution in [0.15, 0.2) is 54.6 Å². The maximum atomic E-state index is 11.8. The number of allylic oxidation sites excluding steroid dienone is 1. The van der Waals surface area contributed by atoms with Crippen molar-refractivity contribution in [3.63, 3.8) is 0 Å². The van der Waals surface area contributed by atoms with Crippen LogP contribution in [0.1, 0.15) is 15.9 Å². The van der Waals surface area contributed by atoms with Crippen molar-refractivity contribution in [2.45, 2.75) is 0 Å². The first-order valence-electron chi connectivity index (χ1n) is 5.47. The Balaban J connectivity index is 2.23. The van der Waals surface area contributed by atoms with E-state index in [0.717, 1.165) is 0 Å². The summed E-state index contributed by atoms with van der Waals surface area (Å²) in [5.41, 5.74) is 0.797. The van der Waals surface area contributed by atoms with Gasteiger partial charge >= 0.3 is 0 Å². The Labute approximate surface area is 105 Å². The van der Waals surface area contributed by atoms with Gasteiger partial charge in [-0.2, -0.15) is 0 Å². The van der Waals surface area contributed by atoms with Crippen LogP contribution in [-0.2, 0) is 0 Å². The Bertz CT molecular complexity index is 600. The van der Waals surface area contributed by atoms with E-state index in [1.807, 2.05) is 0 Å². The van der Waals surface area contributed by atoms with Crippen molar-refractivity contribution in [1.82, 2.24) is 0 Å². The Morgan fingerprint density at radius 1 is 0.889 bits per heavy atom. The van der Waals surface area contributed by atoms with Crippen LogP contribution in [0.5, 0.6) is 11.5 Å². The number of para-hydroxylation sites is 2. The van der Waals surface area contributed by atoms with E-state index in [9.17, 15) is 15.0 Å². The molecular formula is C15H12O3. The first kappa shape index (κ1) is 11.9. The summed E-state index contributed by atoms with van der Waals surface area (Å²) in [5.74, 6) is -0.250. The molecule has 0 heterocycles. The van der Waals surface area contributed by atoms with Gasteiger partial charge in [0.05, 0.1) is 5.56 Å². The smallest absolute Gasteiger partial charge is 0.189 e. The molecule has 0 aliphatic rings. The number of carbonyl (C=O) groups is 1. The molecule has 0 aliphatic heterocycles. The van der Waals surface area contributed by atoms with Crippen LogP contribution >= 0.6 is 0 Å². The minimum Gasteiger partial charge on any atom is -0.507 e. The highest BCUT2D eigenvalue weighted by Crippen LogP contribution is 2.19. The molecule has 0 unspecified atom stereocenters. The highest BCUT2D eigenvalue weighted by Gasteiger charge is 2.06. The van der Waals surface area contributed by atoms with Gasteiger partial charge in [0.1, 0.15) is 11.5 Å². The molecule has 0 atom stereocenters. The van der Waals surface area contributed by atoms with Crippen molar-refractivity contribution < 1.29 is 15.0 Å². The number of hydrogen-bond acceptors (Lipinski definition) is 3. The first-order valence-corrected chi connectivity index (χ1v) is 5.47. The predicted octanol–water partition coefficient (Wildman–Crippen LogP) is 2.99. The summed E-state index contributed by atoms with van der Waals surface area (Å²) < 4.78 is 0. The number of rotatable bonds is 3. The zero-order valence-electron chi connectivity index (χ0n) is 9.58. The van der Waals surface area contributed by atoms with E-state index in [1.54, 1.807) is 42.5 Å². The predicted molar refractivity (Wildman–Crippen MR) is 69.6 cm³/mol. The molecular weight excluding hydrogens is 228 g/mol. The van der Waals surface area contributed by atoms with Crippen LogP contribution in [0.3, 0.4) is 0 Å². The van der Waals surface area contributed by atoms with Crippen LogP contribution in [0.4, 0.5) is 0 Å². The standard InChI is InChI=1S/C15H12O3/c16-13-7-3-1-5-11(13)9-10-15(18)12-6-2-4-8-14(12)17/h1-10,16-17H/b10-9+. The number of carbonyl (C=O) groups excluding carboxylic acids is 1. The second-order valence-corrected chi connectivity index (χ2v) is 3.77. The zero-order valence-corrected chi connectivity index (χ0v) is 9.58. The molecule has 0 saturated heterocycles. The fourth-order valence-electron chi connectivity index (χ4n) is 1.57. The van der Waals surface area contributed by atoms with Gasteiger partial charge < -0.3 is 10.2 Å². The Morgan fingerprint density at radius 3 is 2.17 bits per heavy atom. The van der Waals surface area contributed by atoms with Gasteiger partial charge in [-0.05, 0) is 30.4 Å². The van der Waals surface area contributed by atoms with Crippen LogP contribution in [0.2, 0.25) is 0 Å². The van der Waals surface area contributed by atoms with Gasteiger partial charge in [0.25, 0.3) is 0 Å². The normalized spacial score (nSPS) is 10.7. The minimum atomic E-state index is -0.309. The number of phenols is 2. The molecule has 0 bridgehead atoms. The number of hydrogen-bond donors (Lipinski definition) is 2. The maximum absolute atomic E-state index is 11.8. The van der Waals surface area contributed by atoms with E-state index in [2.05, 4.69) is 0 Å². The van der Waals surface area contributed by atoms with Crippen LogP contribution in [0.25, 0.3) is 6.08 Å². The second-order valence-electron chi connectivity index (χ2n) is 3.77. The summed E-state index contributed by atoms with van der Waals surface area (Å²) >= 11 is 0. The van der Waals surface area contributed by atoms with Crippen molar-refractivity contribution in [3.8, 4) is 11.5 Å². The number of aromatic hydroxyl groups is 2. The molecule has 0 aromatic heterocycles. The van der Waals surface area contributed by atoms with Gasteiger partial charge in [-0.3, -0.25) is 4.79 Å². The van der Waals surface area contributed by atoms with Crippen molar-refractivity contribution in [2.75, 3.05) is 0 Å². The molecule has 2 N–H and O–H groups in total. The first-order chi connectivity index (χ1) is 8.68. The van der Waals surface area contributed by atoms with Crippen LogP contribution in [0, 0.1) is 0 Å². The topological polar surface area (TPSA) is 57.5 Å². The molecule has 0 amide bonds. The zero-order chi connectivity index (χ0) is 13.0. The highest BCUT2D eigenvalue weighted by molar-refractivity contribution is 6.08. The molecule has 0 saturated carbocycles. The average molecular weight is 240 g/mol. The quantitative estimate of drug-likeness (QED) is 0.640. The summed E-state index contributed by atoms with van der Waals surface area (Å²) in [5, 5.41) is 19.1. The lowest BCUT2D eigenvalue weighted by molar-refractivity contribution is 0.104. The van der Waals surface area contributed by atoms with Gasteiger partial charge in [0, 0.05) is 5.56 Å². The van der Waals surface area contributed by atoms with Crippen LogP contribution < -0.4 is 0 Å². The summed E-state index contributed by atoms with van der Waals surface area (Å²) in [4.78, 5) is 11.8. The van der Waals surface area contributed by atoms with Gasteiger partial charge in [-0.15, -0.1) is 0 Å². The van der Waals surface area contributed by atoms with Gasteiger partial charge in [0.2, 0.25) is 0 Å². The van der Waals surface area contributed by atoms with Crippen molar-refractivity contribution in [1.29, 1.82) is 0 Å². The molecule has 18 heavy (non-hydrogen) atoms. The molecule has 0 radical (unpaired) electrons. The lowest BCUT2D eigenvalue weighted by Crippen LogP contribution is -1.94. The van der Waals surface area contributed by atoms with E-state index in [-0.39, 0.29) is 22.8 Å². The Morgan fingerprint density at radius 2 is 1.50 bits per heavy atom. The summed E-state index contributed by atoms with van der Waals surface area (Å²) in [6.07, 6.45) is 2.84. The largest absolute Gasteiger partial charge is 0.507 e. The molecule has 0 aliphatic carbocycles. The second kappa shape index (κ2) is 5.19. The molecule has 0 fully saturated rings. The molecule has 0 spiro atoms. The summed E-state index contributed by atoms with van der Waals surface area (Å²) in [7, 11) is 0. The number of phenolic OH excluding ortho intramolecular Hbond substituents is 2. The van der Waals surface area contributed by atoms with E-state index in [1.165, 1.54) is 18.2 Å². The maximum Gasteiger partial charge on any atom is 0.189 e. The lowest BCUT2D eigenvalue weighted by Gasteiger charge is -2.00. The van der Waals surface area contributed by atoms with E-state index in [0.29, 0.717) is 5.56 Å². The molecule has 90 valence electrons. The SMILES string of the molecule is O=C(/C=C/c1ccccc1O)c1ccccc1O. The van der Waals surface area contributed by atoms with E-state index >= 15 is 0 Å². The molecule has 3 heteroatoms. The third-order valence-corrected chi connectivity index (χ3v) is 2.52. The summed E-state index contributed by atoms with van der Waals surface area (Å²) in [6.45, 7) is 0. The van der Waals surface area contributed by atoms with E-state index < -0.39 is 0 Å². The molecule has 3 nitrogen and oxygen atoms in total. The minimum absolute atomic E-state index is 0.0515. The lowest BCUT2D eigenvalue weighted by atomic mass is 10.1. The molecule has 2 rings (SSSR count). The monoisotopic (exact) mass is 240 g/mol. The fraction of sp³-hybridized carbons (Fsp3) is 0. The van der Waals surface area contributed by atoms with Crippen molar-refractivity contribution >= 4 is 11.9 Å². The Kier molecular flexibility index (Phi) is 3.44. The summed E-state index contributed by atoms with van der Waals surface area (Å²) in [6, 6.07) is 13.1. The highest BCUT2D eigenvalue weighted by atomic mass is 16.3. The van der Waals surface area contributed by atoms with Gasteiger partial charge in [0.15, 0.2) is 5.78 Å². The van der Waals surface area contributed by atoms with Crippen molar-refractivity contribution in [2.24, 2.45) is 0 Å². The van der Waals surface area contributed by atoms with Crippen LogP contribution in [-0.4, -0.2) is 16.0 Å². The average Bonchev–Trinajstić information content (AvgIpc) is 2.38. The third kappa shape index (κ3) is 2.58. The van der Waals surface area contributed by atoms with Crippen molar-refractivity contribution in [3.05, 3.63) is 65.7 Å². The third-order valence-electron chi connectivity index (χ3n) is 2.52. The molecule has 2 aromatic carbocycles. The fourth-order valence-corrected chi connectivity index (χ4v) is 1.57. The molecule has 2 aromatic rings. The van der Waals surface area contributed by atoms with Gasteiger partial charge in [-0.25, -0.2) is 0 Å². The number of ketones is 1. The Hall–Kier alpha value is -2.55. The number of benzene rings is 2. The van der Waals surface area contributed by atoms with E-state index in [4.69, 9.17) is 0 Å². The van der Waals surface area contributed by atoms with Gasteiger partial charge in [-0.1, -0.05) is 30.3 Å².